The molecule has 0 bridgehead atoms. The molecule has 0 radical (unpaired) electrons. The van der Waals surface area contributed by atoms with Gasteiger partial charge in [0.2, 0.25) is 0 Å². The Kier molecular flexibility index (Phi) is 5.57. The van der Waals surface area contributed by atoms with E-state index >= 15 is 0 Å². The lowest BCUT2D eigenvalue weighted by Crippen LogP contribution is -1.99. The molecule has 6 aromatic carbocycles. The summed E-state index contributed by atoms with van der Waals surface area (Å²) in [4.78, 5) is 10.2. The van der Waals surface area contributed by atoms with Crippen molar-refractivity contribution in [2.45, 2.75) is 6.42 Å². The molecule has 9 rings (SSSR count). The number of allylic oxidation sites excluding steroid dienone is 1. The van der Waals surface area contributed by atoms with Gasteiger partial charge in [0, 0.05) is 33.2 Å². The van der Waals surface area contributed by atoms with Gasteiger partial charge < -0.3 is 4.57 Å². The second-order valence-electron chi connectivity index (χ2n) is 11.4. The molecule has 8 aromatic rings. The SMILES string of the molecule is C1=Cc2cccc3cc4c(c(c23)C1)c1ccccc1n4-c1cccc(-c2nc(-c3ccccc3)cc(-c3ccccc3)n2)c1. The molecule has 0 atom stereocenters. The molecule has 0 aliphatic heterocycles. The minimum absolute atomic E-state index is 0.711. The van der Waals surface area contributed by atoms with E-state index in [1.165, 1.54) is 43.7 Å². The maximum Gasteiger partial charge on any atom is 0.160 e. The molecule has 0 spiro atoms. The second kappa shape index (κ2) is 9.89. The highest BCUT2D eigenvalue weighted by molar-refractivity contribution is 6.17. The molecule has 1 aliphatic rings. The molecule has 0 saturated heterocycles. The molecular formula is C41H27N3. The summed E-state index contributed by atoms with van der Waals surface area (Å²) in [6.45, 7) is 0. The fraction of sp³-hybridized carbons (Fsp3) is 0.0244. The van der Waals surface area contributed by atoms with Crippen LogP contribution in [0.1, 0.15) is 11.1 Å². The zero-order valence-corrected chi connectivity index (χ0v) is 24.0. The van der Waals surface area contributed by atoms with Crippen molar-refractivity contribution in [2.75, 3.05) is 0 Å². The van der Waals surface area contributed by atoms with Gasteiger partial charge in [-0.05, 0) is 58.7 Å². The normalized spacial score (nSPS) is 12.4. The fourth-order valence-corrected chi connectivity index (χ4v) is 6.84. The number of nitrogens with zero attached hydrogens (tertiary/aromatic N) is 3. The molecule has 0 unspecified atom stereocenters. The number of para-hydroxylation sites is 1. The number of rotatable bonds is 4. The van der Waals surface area contributed by atoms with Crippen LogP contribution in [0.4, 0.5) is 0 Å². The van der Waals surface area contributed by atoms with Gasteiger partial charge in [0.1, 0.15) is 0 Å². The maximum absolute atomic E-state index is 5.10. The van der Waals surface area contributed by atoms with Crippen molar-refractivity contribution in [1.82, 2.24) is 14.5 Å². The van der Waals surface area contributed by atoms with Crippen LogP contribution in [0.2, 0.25) is 0 Å². The van der Waals surface area contributed by atoms with Crippen LogP contribution >= 0.6 is 0 Å². The smallest absolute Gasteiger partial charge is 0.160 e. The number of fused-ring (bicyclic) bond motifs is 4. The molecule has 2 heterocycles. The predicted molar refractivity (Wildman–Crippen MR) is 183 cm³/mol. The topological polar surface area (TPSA) is 30.7 Å². The van der Waals surface area contributed by atoms with E-state index in [1.807, 2.05) is 12.1 Å². The number of hydrogen-bond acceptors (Lipinski definition) is 2. The van der Waals surface area contributed by atoms with E-state index in [-0.39, 0.29) is 0 Å². The first kappa shape index (κ1) is 24.8. The Hall–Kier alpha value is -5.80. The summed E-state index contributed by atoms with van der Waals surface area (Å²) in [7, 11) is 0. The summed E-state index contributed by atoms with van der Waals surface area (Å²) in [5, 5.41) is 5.27. The number of hydrogen-bond donors (Lipinski definition) is 0. The molecule has 3 heteroatoms. The van der Waals surface area contributed by atoms with E-state index in [2.05, 4.69) is 144 Å². The third-order valence-electron chi connectivity index (χ3n) is 8.78. The minimum Gasteiger partial charge on any atom is -0.309 e. The van der Waals surface area contributed by atoms with Crippen LogP contribution in [0.15, 0.2) is 146 Å². The lowest BCUT2D eigenvalue weighted by molar-refractivity contribution is 1.16. The standard InChI is InChI=1S/C41H27N3/c1-3-12-27(13-4-1)35-26-36(28-14-5-2-6-15-28)43-41(42-35)31-19-10-20-32(24-31)44-37-23-8-7-21-33(37)40-34-22-11-17-29-16-9-18-30(39(29)34)25-38(40)44/h1-21,23-26H,22H2. The largest absolute Gasteiger partial charge is 0.309 e. The summed E-state index contributed by atoms with van der Waals surface area (Å²) in [5.74, 6) is 0.711. The van der Waals surface area contributed by atoms with Crippen molar-refractivity contribution in [2.24, 2.45) is 0 Å². The van der Waals surface area contributed by atoms with E-state index in [0.717, 1.165) is 40.2 Å². The van der Waals surface area contributed by atoms with Gasteiger partial charge in [-0.2, -0.15) is 0 Å². The first-order chi connectivity index (χ1) is 21.8. The van der Waals surface area contributed by atoms with E-state index in [4.69, 9.17) is 9.97 Å². The number of benzene rings is 6. The molecule has 0 fully saturated rings. The average molecular weight is 562 g/mol. The first-order valence-corrected chi connectivity index (χ1v) is 15.1. The van der Waals surface area contributed by atoms with Gasteiger partial charge >= 0.3 is 0 Å². The third kappa shape index (κ3) is 3.90. The Morgan fingerprint density at radius 3 is 1.98 bits per heavy atom. The Labute approximate surface area is 255 Å². The van der Waals surface area contributed by atoms with E-state index in [1.54, 1.807) is 0 Å². The van der Waals surface area contributed by atoms with Crippen molar-refractivity contribution in [3.8, 4) is 39.6 Å². The van der Waals surface area contributed by atoms with Crippen molar-refractivity contribution in [3.05, 3.63) is 157 Å². The quantitative estimate of drug-likeness (QED) is 0.214. The lowest BCUT2D eigenvalue weighted by Gasteiger charge is -2.16. The molecule has 44 heavy (non-hydrogen) atoms. The molecule has 3 nitrogen and oxygen atoms in total. The Balaban J connectivity index is 1.28. The monoisotopic (exact) mass is 561 g/mol. The fourth-order valence-electron chi connectivity index (χ4n) is 6.84. The van der Waals surface area contributed by atoms with Gasteiger partial charge in [-0.15, -0.1) is 0 Å². The Morgan fingerprint density at radius 1 is 0.523 bits per heavy atom. The highest BCUT2D eigenvalue weighted by Crippen LogP contribution is 2.41. The van der Waals surface area contributed by atoms with Crippen molar-refractivity contribution >= 4 is 38.7 Å². The van der Waals surface area contributed by atoms with Crippen LogP contribution < -0.4 is 0 Å². The first-order valence-electron chi connectivity index (χ1n) is 15.1. The predicted octanol–water partition coefficient (Wildman–Crippen LogP) is 10.3. The molecule has 2 aromatic heterocycles. The minimum atomic E-state index is 0.711. The molecular weight excluding hydrogens is 534 g/mol. The lowest BCUT2D eigenvalue weighted by atomic mass is 9.90. The highest BCUT2D eigenvalue weighted by atomic mass is 15.0. The van der Waals surface area contributed by atoms with Crippen LogP contribution in [-0.4, -0.2) is 14.5 Å². The van der Waals surface area contributed by atoms with Gasteiger partial charge in [-0.25, -0.2) is 9.97 Å². The third-order valence-corrected chi connectivity index (χ3v) is 8.78. The van der Waals surface area contributed by atoms with Crippen molar-refractivity contribution in [1.29, 1.82) is 0 Å². The van der Waals surface area contributed by atoms with Crippen LogP contribution in [0.3, 0.4) is 0 Å². The van der Waals surface area contributed by atoms with Crippen molar-refractivity contribution < 1.29 is 0 Å². The molecule has 0 N–H and O–H groups in total. The van der Waals surface area contributed by atoms with Crippen LogP contribution in [0.5, 0.6) is 0 Å². The summed E-state index contributed by atoms with van der Waals surface area (Å²) in [5.41, 5.74) is 11.2. The van der Waals surface area contributed by atoms with Crippen molar-refractivity contribution in [3.63, 3.8) is 0 Å². The summed E-state index contributed by atoms with van der Waals surface area (Å²) in [6.07, 6.45) is 5.49. The van der Waals surface area contributed by atoms with Gasteiger partial charge in [0.05, 0.1) is 22.4 Å². The molecule has 0 saturated carbocycles. The molecule has 1 aliphatic carbocycles. The van der Waals surface area contributed by atoms with E-state index < -0.39 is 0 Å². The van der Waals surface area contributed by atoms with Gasteiger partial charge in [0.25, 0.3) is 0 Å². The Bertz CT molecular complexity index is 2340. The van der Waals surface area contributed by atoms with Crippen LogP contribution in [0.25, 0.3) is 78.2 Å². The molecule has 206 valence electrons. The summed E-state index contributed by atoms with van der Waals surface area (Å²) >= 11 is 0. The Morgan fingerprint density at radius 2 is 1.20 bits per heavy atom. The second-order valence-corrected chi connectivity index (χ2v) is 11.4. The molecule has 0 amide bonds. The van der Waals surface area contributed by atoms with Gasteiger partial charge in [0.15, 0.2) is 5.82 Å². The van der Waals surface area contributed by atoms with Crippen LogP contribution in [0, 0.1) is 0 Å². The van der Waals surface area contributed by atoms with Gasteiger partial charge in [-0.3, -0.25) is 0 Å². The van der Waals surface area contributed by atoms with Gasteiger partial charge in [-0.1, -0.05) is 121 Å². The zero-order chi connectivity index (χ0) is 29.0. The van der Waals surface area contributed by atoms with E-state index in [9.17, 15) is 0 Å². The highest BCUT2D eigenvalue weighted by Gasteiger charge is 2.20. The van der Waals surface area contributed by atoms with Crippen LogP contribution in [-0.2, 0) is 6.42 Å². The average Bonchev–Trinajstić information content (AvgIpc) is 3.43. The summed E-state index contributed by atoms with van der Waals surface area (Å²) in [6, 6.07) is 49.2. The summed E-state index contributed by atoms with van der Waals surface area (Å²) < 4.78 is 2.41. The maximum atomic E-state index is 5.10. The number of aromatic nitrogens is 3. The van der Waals surface area contributed by atoms with E-state index in [0.29, 0.717) is 5.82 Å². The zero-order valence-electron chi connectivity index (χ0n) is 24.0.